The summed E-state index contributed by atoms with van der Waals surface area (Å²) in [5.74, 6) is 1.60. The van der Waals surface area contributed by atoms with Crippen LogP contribution in [0, 0.1) is 5.92 Å². The standard InChI is InChI=1S/C14H24N4OS/c1-10(2)8-13-15-14(20-16-13)18-6-7-19-12-4-5-17(3)9-11(12)18/h10-12H,4-9H2,1-3H3. The number of piperidine rings is 1. The molecule has 0 aliphatic carbocycles. The fourth-order valence-electron chi connectivity index (χ4n) is 3.08. The van der Waals surface area contributed by atoms with E-state index in [2.05, 4.69) is 35.1 Å². The van der Waals surface area contributed by atoms with Gasteiger partial charge in [-0.1, -0.05) is 13.8 Å². The van der Waals surface area contributed by atoms with Crippen LogP contribution in [0.5, 0.6) is 0 Å². The molecule has 6 heteroatoms. The zero-order chi connectivity index (χ0) is 14.1. The van der Waals surface area contributed by atoms with Crippen molar-refractivity contribution in [2.45, 2.75) is 38.8 Å². The van der Waals surface area contributed by atoms with Crippen LogP contribution in [0.2, 0.25) is 0 Å². The summed E-state index contributed by atoms with van der Waals surface area (Å²) in [7, 11) is 2.19. The van der Waals surface area contributed by atoms with Crippen LogP contribution in [0.4, 0.5) is 5.13 Å². The largest absolute Gasteiger partial charge is 0.374 e. The van der Waals surface area contributed by atoms with E-state index >= 15 is 0 Å². The maximum atomic E-state index is 5.94. The van der Waals surface area contributed by atoms with Gasteiger partial charge in [0, 0.05) is 37.6 Å². The Balaban J connectivity index is 1.75. The first-order chi connectivity index (χ1) is 9.63. The van der Waals surface area contributed by atoms with Gasteiger partial charge in [0.2, 0.25) is 5.13 Å². The number of anilines is 1. The number of hydrogen-bond donors (Lipinski definition) is 0. The highest BCUT2D eigenvalue weighted by Crippen LogP contribution is 2.29. The van der Waals surface area contributed by atoms with Gasteiger partial charge in [-0.2, -0.15) is 4.37 Å². The minimum absolute atomic E-state index is 0.359. The van der Waals surface area contributed by atoms with Gasteiger partial charge in [0.1, 0.15) is 5.82 Å². The van der Waals surface area contributed by atoms with Crippen molar-refractivity contribution in [2.24, 2.45) is 5.92 Å². The minimum atomic E-state index is 0.359. The Hall–Kier alpha value is -0.720. The normalized spacial score (nSPS) is 27.9. The van der Waals surface area contributed by atoms with Crippen molar-refractivity contribution >= 4 is 16.7 Å². The SMILES string of the molecule is CC(C)Cc1nsc(N2CCOC3CCN(C)CC32)n1. The molecule has 0 amide bonds. The van der Waals surface area contributed by atoms with Crippen LogP contribution in [0.1, 0.15) is 26.1 Å². The third-order valence-electron chi connectivity index (χ3n) is 4.08. The number of likely N-dealkylation sites (N-methyl/N-ethyl adjacent to an activating group) is 1. The van der Waals surface area contributed by atoms with Crippen molar-refractivity contribution < 1.29 is 4.74 Å². The number of rotatable bonds is 3. The monoisotopic (exact) mass is 296 g/mol. The quantitative estimate of drug-likeness (QED) is 0.848. The van der Waals surface area contributed by atoms with Crippen LogP contribution in [-0.2, 0) is 11.2 Å². The van der Waals surface area contributed by atoms with Crippen LogP contribution in [-0.4, -0.2) is 59.7 Å². The van der Waals surface area contributed by atoms with Crippen LogP contribution < -0.4 is 4.90 Å². The van der Waals surface area contributed by atoms with E-state index in [0.29, 0.717) is 18.1 Å². The summed E-state index contributed by atoms with van der Waals surface area (Å²) in [4.78, 5) is 9.56. The molecule has 0 radical (unpaired) electrons. The van der Waals surface area contributed by atoms with E-state index in [1.165, 1.54) is 0 Å². The molecule has 5 nitrogen and oxygen atoms in total. The number of hydrogen-bond acceptors (Lipinski definition) is 6. The second-order valence-electron chi connectivity index (χ2n) is 6.31. The van der Waals surface area contributed by atoms with Crippen LogP contribution >= 0.6 is 11.5 Å². The molecule has 2 aliphatic rings. The van der Waals surface area contributed by atoms with Gasteiger partial charge >= 0.3 is 0 Å². The average molecular weight is 296 g/mol. The number of aromatic nitrogens is 2. The Morgan fingerprint density at radius 1 is 1.40 bits per heavy atom. The number of morpholine rings is 1. The van der Waals surface area contributed by atoms with Crippen LogP contribution in [0.3, 0.4) is 0 Å². The van der Waals surface area contributed by atoms with Gasteiger partial charge in [-0.15, -0.1) is 0 Å². The van der Waals surface area contributed by atoms with Gasteiger partial charge in [0.25, 0.3) is 0 Å². The van der Waals surface area contributed by atoms with Crippen molar-refractivity contribution in [2.75, 3.05) is 38.2 Å². The summed E-state index contributed by atoms with van der Waals surface area (Å²) in [5.41, 5.74) is 0. The second-order valence-corrected chi connectivity index (χ2v) is 7.04. The zero-order valence-corrected chi connectivity index (χ0v) is 13.4. The molecule has 0 saturated carbocycles. The lowest BCUT2D eigenvalue weighted by Gasteiger charge is -2.46. The van der Waals surface area contributed by atoms with Gasteiger partial charge in [0.05, 0.1) is 18.8 Å². The van der Waals surface area contributed by atoms with E-state index in [9.17, 15) is 0 Å². The first-order valence-corrected chi connectivity index (χ1v) is 8.30. The van der Waals surface area contributed by atoms with Crippen molar-refractivity contribution in [3.63, 3.8) is 0 Å². The molecule has 112 valence electrons. The Bertz CT molecular complexity index is 450. The van der Waals surface area contributed by atoms with E-state index in [4.69, 9.17) is 9.72 Å². The number of ether oxygens (including phenoxy) is 1. The van der Waals surface area contributed by atoms with E-state index in [-0.39, 0.29) is 0 Å². The third-order valence-corrected chi connectivity index (χ3v) is 4.87. The summed E-state index contributed by atoms with van der Waals surface area (Å²) in [6.45, 7) is 8.35. The summed E-state index contributed by atoms with van der Waals surface area (Å²) in [6, 6.07) is 0.433. The number of nitrogens with zero attached hydrogens (tertiary/aromatic N) is 4. The van der Waals surface area contributed by atoms with Gasteiger partial charge in [-0.25, -0.2) is 4.98 Å². The highest BCUT2D eigenvalue weighted by atomic mass is 32.1. The average Bonchev–Trinajstić information content (AvgIpc) is 2.85. The van der Waals surface area contributed by atoms with E-state index in [1.807, 2.05) is 0 Å². The maximum absolute atomic E-state index is 5.94. The molecule has 1 aromatic rings. The third kappa shape index (κ3) is 2.97. The molecule has 0 aromatic carbocycles. The summed E-state index contributed by atoms with van der Waals surface area (Å²) >= 11 is 1.55. The maximum Gasteiger partial charge on any atom is 0.205 e. The topological polar surface area (TPSA) is 41.5 Å². The number of likely N-dealkylation sites (tertiary alicyclic amines) is 1. The highest BCUT2D eigenvalue weighted by molar-refractivity contribution is 7.09. The molecule has 0 spiro atoms. The molecule has 0 bridgehead atoms. The first-order valence-electron chi connectivity index (χ1n) is 7.53. The Morgan fingerprint density at radius 2 is 2.25 bits per heavy atom. The molecule has 2 atom stereocenters. The van der Waals surface area contributed by atoms with Gasteiger partial charge in [-0.05, 0) is 19.4 Å². The van der Waals surface area contributed by atoms with Crippen molar-refractivity contribution in [3.8, 4) is 0 Å². The predicted molar refractivity (Wildman–Crippen MR) is 81.4 cm³/mol. The van der Waals surface area contributed by atoms with Crippen molar-refractivity contribution in [3.05, 3.63) is 5.82 Å². The molecule has 3 heterocycles. The molecule has 3 rings (SSSR count). The lowest BCUT2D eigenvalue weighted by atomic mass is 10.00. The highest BCUT2D eigenvalue weighted by Gasteiger charge is 2.37. The van der Waals surface area contributed by atoms with Crippen molar-refractivity contribution in [1.82, 2.24) is 14.3 Å². The molecule has 2 unspecified atom stereocenters. The van der Waals surface area contributed by atoms with E-state index in [1.54, 1.807) is 11.5 Å². The Kier molecular flexibility index (Phi) is 4.23. The number of fused-ring (bicyclic) bond motifs is 1. The molecule has 20 heavy (non-hydrogen) atoms. The van der Waals surface area contributed by atoms with E-state index < -0.39 is 0 Å². The summed E-state index contributed by atoms with van der Waals surface area (Å²) in [5, 5.41) is 1.08. The molecule has 0 N–H and O–H groups in total. The fraction of sp³-hybridized carbons (Fsp3) is 0.857. The first kappa shape index (κ1) is 14.2. The second kappa shape index (κ2) is 5.95. The summed E-state index contributed by atoms with van der Waals surface area (Å²) < 4.78 is 10.5. The van der Waals surface area contributed by atoms with Crippen molar-refractivity contribution in [1.29, 1.82) is 0 Å². The Morgan fingerprint density at radius 3 is 3.05 bits per heavy atom. The zero-order valence-electron chi connectivity index (χ0n) is 12.6. The molecular weight excluding hydrogens is 272 g/mol. The lowest BCUT2D eigenvalue weighted by molar-refractivity contribution is -0.0243. The smallest absolute Gasteiger partial charge is 0.205 e. The molecule has 2 fully saturated rings. The molecular formula is C14H24N4OS. The molecule has 2 saturated heterocycles. The van der Waals surface area contributed by atoms with Gasteiger partial charge in [0.15, 0.2) is 0 Å². The van der Waals surface area contributed by atoms with Crippen LogP contribution in [0.25, 0.3) is 0 Å². The van der Waals surface area contributed by atoms with Crippen LogP contribution in [0.15, 0.2) is 0 Å². The minimum Gasteiger partial charge on any atom is -0.374 e. The summed E-state index contributed by atoms with van der Waals surface area (Å²) in [6.07, 6.45) is 2.45. The van der Waals surface area contributed by atoms with Gasteiger partial charge in [-0.3, -0.25) is 0 Å². The van der Waals surface area contributed by atoms with E-state index in [0.717, 1.165) is 50.0 Å². The lowest BCUT2D eigenvalue weighted by Crippen LogP contribution is -2.59. The predicted octanol–water partition coefficient (Wildman–Crippen LogP) is 1.65. The fourth-order valence-corrected chi connectivity index (χ4v) is 3.86. The molecule has 2 aliphatic heterocycles. The van der Waals surface area contributed by atoms with Gasteiger partial charge < -0.3 is 14.5 Å². The molecule has 1 aromatic heterocycles. The Labute approximate surface area is 125 Å².